The molecule has 2 fully saturated rings. The van der Waals surface area contributed by atoms with E-state index in [9.17, 15) is 14.4 Å². The van der Waals surface area contributed by atoms with Gasteiger partial charge >= 0.3 is 0 Å². The van der Waals surface area contributed by atoms with Crippen molar-refractivity contribution in [1.29, 1.82) is 0 Å². The van der Waals surface area contributed by atoms with Crippen LogP contribution in [-0.4, -0.2) is 69.6 Å². The smallest absolute Gasteiger partial charge is 0.278 e. The highest BCUT2D eigenvalue weighted by Crippen LogP contribution is 2.24. The molecule has 11 heteroatoms. The number of hydrogen-bond donors (Lipinski definition) is 2. The van der Waals surface area contributed by atoms with Crippen LogP contribution >= 0.6 is 0 Å². The van der Waals surface area contributed by atoms with Crippen LogP contribution in [0.4, 0.5) is 5.69 Å². The third-order valence-corrected chi connectivity index (χ3v) is 6.37. The SMILES string of the molecule is C#C.Cc1cc2cc(N=C(N)NC(=O)c3cnccn3)ccc2o1.O=C(CN1CCCCCC1=O)N1CCCC1. The molecule has 4 heterocycles. The average molecular weight is 546 g/mol. The lowest BCUT2D eigenvalue weighted by Gasteiger charge is -2.23. The fraction of sp³-hybridized carbons (Fsp3) is 0.379. The number of rotatable bonds is 4. The van der Waals surface area contributed by atoms with Gasteiger partial charge in [-0.05, 0) is 56.9 Å². The van der Waals surface area contributed by atoms with E-state index in [0.29, 0.717) is 18.7 Å². The number of benzene rings is 1. The molecule has 1 aromatic carbocycles. The summed E-state index contributed by atoms with van der Waals surface area (Å²) in [5, 5.41) is 3.38. The molecule has 0 bridgehead atoms. The monoisotopic (exact) mass is 545 g/mol. The quantitative estimate of drug-likeness (QED) is 0.291. The van der Waals surface area contributed by atoms with Gasteiger partial charge in [-0.15, -0.1) is 12.8 Å². The van der Waals surface area contributed by atoms with Crippen LogP contribution in [-0.2, 0) is 9.59 Å². The van der Waals surface area contributed by atoms with Crippen molar-refractivity contribution in [2.45, 2.75) is 45.4 Å². The Bertz CT molecular complexity index is 1340. The molecule has 0 spiro atoms. The van der Waals surface area contributed by atoms with E-state index >= 15 is 0 Å². The number of nitrogens with two attached hydrogens (primary N) is 1. The van der Waals surface area contributed by atoms with Gasteiger partial charge in [0.1, 0.15) is 17.0 Å². The third-order valence-electron chi connectivity index (χ3n) is 6.37. The highest BCUT2D eigenvalue weighted by atomic mass is 16.3. The van der Waals surface area contributed by atoms with Gasteiger partial charge in [-0.2, -0.15) is 0 Å². The molecule has 3 amide bonds. The number of likely N-dealkylation sites (tertiary alicyclic amines) is 2. The Hall–Kier alpha value is -4.72. The van der Waals surface area contributed by atoms with Gasteiger partial charge in [-0.25, -0.2) is 9.98 Å². The van der Waals surface area contributed by atoms with Crippen molar-refractivity contribution in [1.82, 2.24) is 25.1 Å². The minimum Gasteiger partial charge on any atom is -0.461 e. The molecular formula is C29H35N7O4. The van der Waals surface area contributed by atoms with Gasteiger partial charge < -0.3 is 20.0 Å². The van der Waals surface area contributed by atoms with Crippen molar-refractivity contribution in [2.24, 2.45) is 10.7 Å². The van der Waals surface area contributed by atoms with Crippen LogP contribution in [0.5, 0.6) is 0 Å². The summed E-state index contributed by atoms with van der Waals surface area (Å²) in [6.07, 6.45) is 18.2. The maximum absolute atomic E-state index is 11.9. The predicted octanol–water partition coefficient (Wildman–Crippen LogP) is 3.17. The Balaban J connectivity index is 0.000000217. The second-order valence-electron chi connectivity index (χ2n) is 9.33. The van der Waals surface area contributed by atoms with Gasteiger partial charge in [-0.3, -0.25) is 24.7 Å². The summed E-state index contributed by atoms with van der Waals surface area (Å²) in [4.78, 5) is 51.0. The van der Waals surface area contributed by atoms with Gasteiger partial charge in [0.05, 0.1) is 18.4 Å². The molecule has 11 nitrogen and oxygen atoms in total. The average Bonchev–Trinajstić information content (AvgIpc) is 3.58. The number of fused-ring (bicyclic) bond motifs is 1. The molecule has 40 heavy (non-hydrogen) atoms. The van der Waals surface area contributed by atoms with E-state index in [-0.39, 0.29) is 23.5 Å². The molecule has 3 aromatic rings. The lowest BCUT2D eigenvalue weighted by atomic mass is 10.2. The lowest BCUT2D eigenvalue weighted by molar-refractivity contribution is -0.139. The van der Waals surface area contributed by atoms with Crippen LogP contribution in [0.25, 0.3) is 11.0 Å². The molecule has 2 aliphatic rings. The molecule has 0 saturated carbocycles. The number of guanidine groups is 1. The van der Waals surface area contributed by atoms with Crippen molar-refractivity contribution in [2.75, 3.05) is 26.2 Å². The number of nitrogens with one attached hydrogen (secondary N) is 1. The second-order valence-corrected chi connectivity index (χ2v) is 9.33. The Morgan fingerprint density at radius 2 is 1.82 bits per heavy atom. The van der Waals surface area contributed by atoms with Crippen LogP contribution < -0.4 is 11.1 Å². The van der Waals surface area contributed by atoms with E-state index < -0.39 is 5.91 Å². The van der Waals surface area contributed by atoms with Crippen LogP contribution in [0.15, 0.2) is 52.3 Å². The van der Waals surface area contributed by atoms with Crippen LogP contribution in [0.2, 0.25) is 0 Å². The zero-order valence-corrected chi connectivity index (χ0v) is 22.7. The molecule has 3 N–H and O–H groups in total. The van der Waals surface area contributed by atoms with E-state index in [1.54, 1.807) is 17.0 Å². The first kappa shape index (κ1) is 29.8. The summed E-state index contributed by atoms with van der Waals surface area (Å²) in [7, 11) is 0. The van der Waals surface area contributed by atoms with E-state index in [1.165, 1.54) is 18.6 Å². The number of aryl methyl sites for hydroxylation is 1. The number of aliphatic imine (C=N–C) groups is 1. The van der Waals surface area contributed by atoms with Crippen molar-refractivity contribution in [3.05, 3.63) is 54.3 Å². The first-order valence-corrected chi connectivity index (χ1v) is 13.2. The summed E-state index contributed by atoms with van der Waals surface area (Å²) in [5.74, 6) is 0.627. The highest BCUT2D eigenvalue weighted by molar-refractivity contribution is 6.04. The van der Waals surface area contributed by atoms with Crippen LogP contribution in [0.3, 0.4) is 0 Å². The molecule has 2 aliphatic heterocycles. The summed E-state index contributed by atoms with van der Waals surface area (Å²) in [6.45, 7) is 4.69. The van der Waals surface area contributed by atoms with E-state index in [2.05, 4.69) is 33.1 Å². The molecule has 210 valence electrons. The van der Waals surface area contributed by atoms with Gasteiger partial charge in [-0.1, -0.05) is 6.42 Å². The van der Waals surface area contributed by atoms with Crippen molar-refractivity contribution < 1.29 is 18.8 Å². The highest BCUT2D eigenvalue weighted by Gasteiger charge is 2.23. The summed E-state index contributed by atoms with van der Waals surface area (Å²) in [5.41, 5.74) is 7.30. The third kappa shape index (κ3) is 8.66. The number of aromatic nitrogens is 2. The normalized spacial score (nSPS) is 15.4. The van der Waals surface area contributed by atoms with E-state index in [1.807, 2.05) is 24.0 Å². The van der Waals surface area contributed by atoms with Gasteiger partial charge in [0.25, 0.3) is 5.91 Å². The first-order valence-electron chi connectivity index (χ1n) is 13.2. The number of terminal acetylenes is 1. The lowest BCUT2D eigenvalue weighted by Crippen LogP contribution is -2.41. The number of carbonyl (C=O) groups excluding carboxylic acids is 3. The topological polar surface area (TPSA) is 147 Å². The maximum Gasteiger partial charge on any atom is 0.278 e. The zero-order chi connectivity index (χ0) is 28.9. The molecule has 5 rings (SSSR count). The van der Waals surface area contributed by atoms with Crippen molar-refractivity contribution in [3.63, 3.8) is 0 Å². The van der Waals surface area contributed by atoms with E-state index in [0.717, 1.165) is 68.5 Å². The number of hydrogen-bond acceptors (Lipinski definition) is 7. The summed E-state index contributed by atoms with van der Waals surface area (Å²) < 4.78 is 5.49. The molecule has 0 radical (unpaired) electrons. The number of carbonyl (C=O) groups is 3. The van der Waals surface area contributed by atoms with Crippen molar-refractivity contribution >= 4 is 40.3 Å². The molecule has 0 unspecified atom stereocenters. The predicted molar refractivity (Wildman–Crippen MR) is 152 cm³/mol. The number of furan rings is 1. The molecule has 2 aromatic heterocycles. The van der Waals surface area contributed by atoms with Crippen LogP contribution in [0.1, 0.15) is 54.8 Å². The zero-order valence-electron chi connectivity index (χ0n) is 22.7. The maximum atomic E-state index is 11.9. The Morgan fingerprint density at radius 3 is 2.55 bits per heavy atom. The fourth-order valence-electron chi connectivity index (χ4n) is 4.43. The molecule has 0 aliphatic carbocycles. The minimum absolute atomic E-state index is 0.0183. The Labute approximate surface area is 233 Å². The number of amides is 3. The van der Waals surface area contributed by atoms with Crippen LogP contribution in [0, 0.1) is 19.8 Å². The van der Waals surface area contributed by atoms with Crippen molar-refractivity contribution in [3.8, 4) is 12.8 Å². The second kappa shape index (κ2) is 15.0. The summed E-state index contributed by atoms with van der Waals surface area (Å²) in [6, 6.07) is 7.29. The Kier molecular flexibility index (Phi) is 11.2. The number of nitrogens with zero attached hydrogens (tertiary/aromatic N) is 5. The van der Waals surface area contributed by atoms with Gasteiger partial charge in [0, 0.05) is 43.8 Å². The molecular weight excluding hydrogens is 510 g/mol. The van der Waals surface area contributed by atoms with E-state index in [4.69, 9.17) is 10.2 Å². The fourth-order valence-corrected chi connectivity index (χ4v) is 4.43. The minimum atomic E-state index is -0.463. The van der Waals surface area contributed by atoms with Gasteiger partial charge in [0.2, 0.25) is 17.8 Å². The van der Waals surface area contributed by atoms with Gasteiger partial charge in [0.15, 0.2) is 0 Å². The largest absolute Gasteiger partial charge is 0.461 e. The Morgan fingerprint density at radius 1 is 1.07 bits per heavy atom. The standard InChI is InChI=1S/C15H13N5O2.C12H20N2O2.C2H2/c1-9-6-10-7-11(2-3-13(10)22-9)19-15(16)20-14(21)12-8-17-4-5-18-12;15-11-6-2-1-3-9-14(11)10-12(16)13-7-4-5-8-13;1-2/h2-8H,1H3,(H3,16,19,20,21);1-10H2;1-2H. The molecule has 0 atom stereocenters. The molecule has 2 saturated heterocycles. The first-order chi connectivity index (χ1) is 19.4. The summed E-state index contributed by atoms with van der Waals surface area (Å²) >= 11 is 0.